The van der Waals surface area contributed by atoms with E-state index in [1.165, 1.54) is 37.7 Å². The van der Waals surface area contributed by atoms with Crippen LogP contribution < -0.4 is 0 Å². The summed E-state index contributed by atoms with van der Waals surface area (Å²) in [6, 6.07) is 8.41. The average Bonchev–Trinajstić information content (AvgIpc) is 2.37. The van der Waals surface area contributed by atoms with Gasteiger partial charge in [0, 0.05) is 0 Å². The van der Waals surface area contributed by atoms with E-state index in [2.05, 4.69) is 18.2 Å². The molecule has 0 unspecified atom stereocenters. The minimum absolute atomic E-state index is 0.154. The van der Waals surface area contributed by atoms with E-state index in [0.29, 0.717) is 5.92 Å². The van der Waals surface area contributed by atoms with Crippen molar-refractivity contribution in [2.45, 2.75) is 44.4 Å². The van der Waals surface area contributed by atoms with Gasteiger partial charge >= 0.3 is 5.97 Å². The summed E-state index contributed by atoms with van der Waals surface area (Å²) in [6.45, 7) is 0. The van der Waals surface area contributed by atoms with Crippen molar-refractivity contribution in [1.82, 2.24) is 0 Å². The molecule has 0 aliphatic heterocycles. The van der Waals surface area contributed by atoms with Crippen LogP contribution >= 0.6 is 0 Å². The van der Waals surface area contributed by atoms with Crippen LogP contribution in [0.15, 0.2) is 24.3 Å². The Balaban J connectivity index is 1.62. The first-order chi connectivity index (χ1) is 9.69. The highest BCUT2D eigenvalue weighted by Gasteiger charge is 2.48. The van der Waals surface area contributed by atoms with Crippen LogP contribution in [0.25, 0.3) is 0 Å². The van der Waals surface area contributed by atoms with Gasteiger partial charge in [0.1, 0.15) is 0 Å². The quantitative estimate of drug-likeness (QED) is 0.905. The zero-order valence-corrected chi connectivity index (χ0v) is 11.8. The smallest absolute Gasteiger partial charge is 0.307 e. The molecule has 2 heteroatoms. The minimum Gasteiger partial charge on any atom is -0.481 e. The van der Waals surface area contributed by atoms with Crippen molar-refractivity contribution >= 4 is 5.97 Å². The number of rotatable bonds is 3. The van der Waals surface area contributed by atoms with Crippen molar-refractivity contribution in [3.63, 3.8) is 0 Å². The van der Waals surface area contributed by atoms with Crippen molar-refractivity contribution in [2.75, 3.05) is 0 Å². The maximum Gasteiger partial charge on any atom is 0.307 e. The Kier molecular flexibility index (Phi) is 2.87. The Hall–Kier alpha value is -1.31. The Morgan fingerprint density at radius 2 is 1.70 bits per heavy atom. The van der Waals surface area contributed by atoms with E-state index in [4.69, 9.17) is 5.11 Å². The maximum atomic E-state index is 10.9. The molecule has 0 spiro atoms. The highest BCUT2D eigenvalue weighted by molar-refractivity contribution is 5.70. The SMILES string of the molecule is O=C(O)Cc1cccc(C2C3CC4CC(C3)CC2C4)c1. The number of aliphatic carboxylic acids is 1. The lowest BCUT2D eigenvalue weighted by Crippen LogP contribution is -2.43. The molecule has 20 heavy (non-hydrogen) atoms. The predicted molar refractivity (Wildman–Crippen MR) is 77.6 cm³/mol. The third kappa shape index (κ3) is 2.06. The molecule has 0 saturated heterocycles. The molecule has 0 heterocycles. The Labute approximate surface area is 120 Å². The molecular weight excluding hydrogens is 248 g/mol. The molecule has 4 saturated carbocycles. The van der Waals surface area contributed by atoms with Crippen LogP contribution in [-0.4, -0.2) is 11.1 Å². The van der Waals surface area contributed by atoms with E-state index in [0.717, 1.165) is 29.2 Å². The minimum atomic E-state index is -0.729. The Bertz CT molecular complexity index is 506. The average molecular weight is 270 g/mol. The number of benzene rings is 1. The number of hydrogen-bond acceptors (Lipinski definition) is 1. The molecule has 4 aliphatic rings. The topological polar surface area (TPSA) is 37.3 Å². The first-order valence-corrected chi connectivity index (χ1v) is 7.99. The van der Waals surface area contributed by atoms with Crippen LogP contribution in [-0.2, 0) is 11.2 Å². The summed E-state index contributed by atoms with van der Waals surface area (Å²) in [7, 11) is 0. The number of carboxylic acids is 1. The molecule has 1 aromatic carbocycles. The molecule has 4 bridgehead atoms. The maximum absolute atomic E-state index is 10.9. The van der Waals surface area contributed by atoms with Crippen LogP contribution in [0, 0.1) is 23.7 Å². The highest BCUT2D eigenvalue weighted by Crippen LogP contribution is 2.59. The molecule has 0 amide bonds. The van der Waals surface area contributed by atoms with Crippen molar-refractivity contribution in [2.24, 2.45) is 23.7 Å². The number of carboxylic acid groups (broad SMARTS) is 1. The predicted octanol–water partition coefficient (Wildman–Crippen LogP) is 3.85. The third-order valence-electron chi connectivity index (χ3n) is 5.92. The van der Waals surface area contributed by atoms with Gasteiger partial charge in [-0.15, -0.1) is 0 Å². The van der Waals surface area contributed by atoms with E-state index >= 15 is 0 Å². The lowest BCUT2D eigenvalue weighted by molar-refractivity contribution is -0.136. The molecule has 0 radical (unpaired) electrons. The van der Waals surface area contributed by atoms with E-state index in [9.17, 15) is 4.79 Å². The van der Waals surface area contributed by atoms with Crippen LogP contribution in [0.3, 0.4) is 0 Å². The fraction of sp³-hybridized carbons (Fsp3) is 0.611. The first-order valence-electron chi connectivity index (χ1n) is 7.99. The summed E-state index contributed by atoms with van der Waals surface area (Å²) in [5.74, 6) is 3.70. The zero-order chi connectivity index (χ0) is 13.7. The van der Waals surface area contributed by atoms with E-state index in [1.54, 1.807) is 0 Å². The Morgan fingerprint density at radius 3 is 2.30 bits per heavy atom. The van der Waals surface area contributed by atoms with Gasteiger partial charge < -0.3 is 5.11 Å². The number of hydrogen-bond donors (Lipinski definition) is 1. The van der Waals surface area contributed by atoms with Gasteiger partial charge in [-0.1, -0.05) is 24.3 Å². The summed E-state index contributed by atoms with van der Waals surface area (Å²) in [6.07, 6.45) is 7.31. The normalized spacial score (nSPS) is 38.1. The summed E-state index contributed by atoms with van der Waals surface area (Å²) < 4.78 is 0. The van der Waals surface area contributed by atoms with Crippen LogP contribution in [0.5, 0.6) is 0 Å². The molecule has 5 rings (SSSR count). The van der Waals surface area contributed by atoms with Gasteiger partial charge in [0.2, 0.25) is 0 Å². The molecule has 1 aromatic rings. The van der Waals surface area contributed by atoms with Crippen molar-refractivity contribution in [1.29, 1.82) is 0 Å². The van der Waals surface area contributed by atoms with Gasteiger partial charge in [-0.25, -0.2) is 0 Å². The van der Waals surface area contributed by atoms with Gasteiger partial charge in [-0.05, 0) is 72.8 Å². The van der Waals surface area contributed by atoms with Gasteiger partial charge in [-0.3, -0.25) is 4.79 Å². The fourth-order valence-corrected chi connectivity index (χ4v) is 5.55. The van der Waals surface area contributed by atoms with E-state index in [-0.39, 0.29) is 6.42 Å². The third-order valence-corrected chi connectivity index (χ3v) is 5.92. The van der Waals surface area contributed by atoms with Crippen LogP contribution in [0.4, 0.5) is 0 Å². The summed E-state index contributed by atoms with van der Waals surface area (Å²) in [5.41, 5.74) is 2.38. The van der Waals surface area contributed by atoms with Crippen LogP contribution in [0.2, 0.25) is 0 Å². The second kappa shape index (κ2) is 4.61. The molecule has 0 aromatic heterocycles. The zero-order valence-electron chi connectivity index (χ0n) is 11.8. The van der Waals surface area contributed by atoms with E-state index in [1.807, 2.05) is 6.07 Å². The van der Waals surface area contributed by atoms with Crippen molar-refractivity contribution < 1.29 is 9.90 Å². The summed E-state index contributed by atoms with van der Waals surface area (Å²) in [5, 5.41) is 8.97. The highest BCUT2D eigenvalue weighted by atomic mass is 16.4. The fourth-order valence-electron chi connectivity index (χ4n) is 5.55. The van der Waals surface area contributed by atoms with Crippen molar-refractivity contribution in [3.8, 4) is 0 Å². The van der Waals surface area contributed by atoms with Gasteiger partial charge in [-0.2, -0.15) is 0 Å². The standard InChI is InChI=1S/C18H22O2/c19-17(20)10-11-2-1-3-14(5-11)18-15-6-12-4-13(8-15)9-16(18)7-12/h1-3,5,12-13,15-16,18H,4,6-10H2,(H,19,20). The second-order valence-electron chi connectivity index (χ2n) is 7.27. The molecule has 2 nitrogen and oxygen atoms in total. The lowest BCUT2D eigenvalue weighted by Gasteiger charge is -2.54. The molecular formula is C18H22O2. The molecule has 0 atom stereocenters. The lowest BCUT2D eigenvalue weighted by atomic mass is 9.51. The van der Waals surface area contributed by atoms with Gasteiger partial charge in [0.25, 0.3) is 0 Å². The van der Waals surface area contributed by atoms with Gasteiger partial charge in [0.15, 0.2) is 0 Å². The van der Waals surface area contributed by atoms with Crippen molar-refractivity contribution in [3.05, 3.63) is 35.4 Å². The number of carbonyl (C=O) groups is 1. The van der Waals surface area contributed by atoms with Crippen LogP contribution in [0.1, 0.15) is 49.1 Å². The monoisotopic (exact) mass is 270 g/mol. The summed E-state index contributed by atoms with van der Waals surface area (Å²) >= 11 is 0. The molecule has 4 aliphatic carbocycles. The van der Waals surface area contributed by atoms with Gasteiger partial charge in [0.05, 0.1) is 6.42 Å². The molecule has 4 fully saturated rings. The molecule has 106 valence electrons. The Morgan fingerprint density at radius 1 is 1.05 bits per heavy atom. The first kappa shape index (κ1) is 12.4. The van der Waals surface area contributed by atoms with E-state index < -0.39 is 5.97 Å². The largest absolute Gasteiger partial charge is 0.481 e. The second-order valence-corrected chi connectivity index (χ2v) is 7.27. The molecule has 1 N–H and O–H groups in total. The summed E-state index contributed by atoms with van der Waals surface area (Å²) in [4.78, 5) is 10.9.